The maximum absolute atomic E-state index is 12.6. The van der Waals surface area contributed by atoms with E-state index in [-0.39, 0.29) is 0 Å². The van der Waals surface area contributed by atoms with Crippen molar-refractivity contribution in [3.05, 3.63) is 96.6 Å². The second kappa shape index (κ2) is 11.8. The molecule has 0 radical (unpaired) electrons. The van der Waals surface area contributed by atoms with Crippen LogP contribution in [0.4, 0.5) is 5.13 Å². The topological polar surface area (TPSA) is 63.2 Å². The maximum atomic E-state index is 12.6. The number of hydrogen-bond acceptors (Lipinski definition) is 5. The lowest BCUT2D eigenvalue weighted by Gasteiger charge is -2.25. The molecule has 2 N–H and O–H groups in total. The van der Waals surface area contributed by atoms with E-state index >= 15 is 0 Å². The minimum absolute atomic E-state index is 0.419. The number of halogens is 3. The maximum Gasteiger partial charge on any atom is 0.245 e. The minimum Gasteiger partial charge on any atom is -0.497 e. The first kappa shape index (κ1) is 26.0. The molecular weight excluding hydrogens is 537 g/mol. The van der Waals surface area contributed by atoms with E-state index in [9.17, 15) is 4.79 Å². The van der Waals surface area contributed by atoms with Gasteiger partial charge in [0.15, 0.2) is 5.13 Å². The zero-order chi connectivity index (χ0) is 25.5. The van der Waals surface area contributed by atoms with E-state index in [1.54, 1.807) is 13.2 Å². The molecule has 0 aliphatic carbocycles. The van der Waals surface area contributed by atoms with Gasteiger partial charge >= 0.3 is 0 Å². The van der Waals surface area contributed by atoms with Gasteiger partial charge in [-0.25, -0.2) is 4.98 Å². The van der Waals surface area contributed by atoms with E-state index in [4.69, 9.17) is 44.5 Å². The number of methoxy groups -OCH3 is 1. The molecule has 3 aromatic carbocycles. The monoisotopic (exact) mass is 557 g/mol. The number of carbonyl (C=O) groups excluding carboxylic acids is 1. The highest BCUT2D eigenvalue weighted by molar-refractivity contribution is 7.19. The summed E-state index contributed by atoms with van der Waals surface area (Å²) in [5, 5.41) is 6.30. The Labute approximate surface area is 228 Å². The van der Waals surface area contributed by atoms with Crippen LogP contribution in [0.5, 0.6) is 5.75 Å². The highest BCUT2D eigenvalue weighted by Crippen LogP contribution is 2.40. The molecule has 9 heteroatoms. The Balaban J connectivity index is 1.61. The molecule has 0 saturated heterocycles. The summed E-state index contributed by atoms with van der Waals surface area (Å²) in [6.07, 6.45) is 2.04. The van der Waals surface area contributed by atoms with E-state index in [0.29, 0.717) is 5.13 Å². The van der Waals surface area contributed by atoms with Crippen LogP contribution in [0.3, 0.4) is 0 Å². The number of amides is 1. The number of ether oxygens (including phenoxy) is 1. The van der Waals surface area contributed by atoms with E-state index in [2.05, 4.69) is 10.6 Å². The second-order valence-corrected chi connectivity index (χ2v) is 11.0. The van der Waals surface area contributed by atoms with Crippen molar-refractivity contribution in [1.29, 1.82) is 0 Å². The van der Waals surface area contributed by atoms with Gasteiger partial charge in [0.25, 0.3) is 0 Å². The Hall–Kier alpha value is -3.03. The van der Waals surface area contributed by atoms with Crippen molar-refractivity contribution in [3.8, 4) is 27.4 Å². The van der Waals surface area contributed by atoms with Gasteiger partial charge in [0.05, 0.1) is 17.7 Å². The van der Waals surface area contributed by atoms with Crippen molar-refractivity contribution >= 4 is 63.3 Å². The first-order valence-corrected chi connectivity index (χ1v) is 12.9. The molecular formula is C27H22Cl3N3O2S. The molecule has 0 aliphatic rings. The van der Waals surface area contributed by atoms with Crippen molar-refractivity contribution in [2.75, 3.05) is 12.4 Å². The van der Waals surface area contributed by atoms with Gasteiger partial charge in [-0.3, -0.25) is 4.79 Å². The summed E-state index contributed by atoms with van der Waals surface area (Å²) in [5.41, 5.74) is 3.53. The number of thiazole rings is 1. The fourth-order valence-corrected chi connectivity index (χ4v) is 4.71. The molecule has 4 rings (SSSR count). The molecule has 36 heavy (non-hydrogen) atoms. The molecule has 0 fully saturated rings. The Kier molecular flexibility index (Phi) is 8.54. The third-order valence-electron chi connectivity index (χ3n) is 5.14. The van der Waals surface area contributed by atoms with E-state index < -0.39 is 15.9 Å². The predicted octanol–water partition coefficient (Wildman–Crippen LogP) is 7.42. The summed E-state index contributed by atoms with van der Waals surface area (Å²) in [6.45, 7) is 0. The van der Waals surface area contributed by atoms with E-state index in [1.807, 2.05) is 84.9 Å². The molecule has 0 spiro atoms. The first-order valence-electron chi connectivity index (χ1n) is 10.9. The number of nitrogens with one attached hydrogen (secondary N) is 2. The number of carbonyl (C=O) groups is 1. The number of alkyl halides is 3. The van der Waals surface area contributed by atoms with Gasteiger partial charge in [-0.15, -0.1) is 0 Å². The molecule has 4 aromatic rings. The van der Waals surface area contributed by atoms with Crippen molar-refractivity contribution in [3.63, 3.8) is 0 Å². The van der Waals surface area contributed by atoms with Gasteiger partial charge < -0.3 is 15.4 Å². The van der Waals surface area contributed by atoms with E-state index in [0.717, 1.165) is 33.0 Å². The Morgan fingerprint density at radius 1 is 0.944 bits per heavy atom. The SMILES string of the molecule is COc1ccc(-c2nc(NC(NC(=O)/C=C/c3ccccc3)C(Cl)(Cl)Cl)sc2-c2ccccc2)cc1. The fraction of sp³-hybridized carbons (Fsp3) is 0.111. The number of anilines is 1. The van der Waals surface area contributed by atoms with Gasteiger partial charge in [-0.05, 0) is 41.5 Å². The Morgan fingerprint density at radius 3 is 2.19 bits per heavy atom. The van der Waals surface area contributed by atoms with Gasteiger partial charge in [0.2, 0.25) is 9.70 Å². The molecule has 1 unspecified atom stereocenters. The number of nitrogens with zero attached hydrogens (tertiary/aromatic N) is 1. The smallest absolute Gasteiger partial charge is 0.245 e. The number of rotatable bonds is 8. The zero-order valence-electron chi connectivity index (χ0n) is 19.1. The highest BCUT2D eigenvalue weighted by atomic mass is 35.6. The van der Waals surface area contributed by atoms with Crippen LogP contribution in [0, 0.1) is 0 Å². The third-order valence-corrected chi connectivity index (χ3v) is 6.83. The Morgan fingerprint density at radius 2 is 1.58 bits per heavy atom. The molecule has 0 saturated carbocycles. The van der Waals surface area contributed by atoms with Gasteiger partial charge in [-0.1, -0.05) is 107 Å². The largest absolute Gasteiger partial charge is 0.497 e. The summed E-state index contributed by atoms with van der Waals surface area (Å²) in [6, 6.07) is 27.0. The normalized spacial score (nSPS) is 12.3. The lowest BCUT2D eigenvalue weighted by molar-refractivity contribution is -0.116. The number of benzene rings is 3. The summed E-state index contributed by atoms with van der Waals surface area (Å²) >= 11 is 20.1. The van der Waals surface area contributed by atoms with Gasteiger partial charge in [-0.2, -0.15) is 0 Å². The molecule has 1 atom stereocenters. The van der Waals surface area contributed by atoms with Crippen LogP contribution < -0.4 is 15.4 Å². The minimum atomic E-state index is -1.84. The third kappa shape index (κ3) is 6.80. The van der Waals surface area contributed by atoms with Crippen molar-refractivity contribution in [2.24, 2.45) is 0 Å². The van der Waals surface area contributed by atoms with Crippen LogP contribution in [0.15, 0.2) is 91.0 Å². The van der Waals surface area contributed by atoms with Crippen LogP contribution >= 0.6 is 46.1 Å². The van der Waals surface area contributed by atoms with Crippen LogP contribution in [-0.2, 0) is 4.79 Å². The summed E-state index contributed by atoms with van der Waals surface area (Å²) < 4.78 is 3.44. The number of aromatic nitrogens is 1. The molecule has 1 heterocycles. The lowest BCUT2D eigenvalue weighted by Crippen LogP contribution is -2.48. The zero-order valence-corrected chi connectivity index (χ0v) is 22.2. The van der Waals surface area contributed by atoms with Crippen LogP contribution in [0.1, 0.15) is 5.56 Å². The molecule has 5 nitrogen and oxygen atoms in total. The predicted molar refractivity (Wildman–Crippen MR) is 151 cm³/mol. The van der Waals surface area contributed by atoms with Gasteiger partial charge in [0.1, 0.15) is 11.9 Å². The van der Waals surface area contributed by atoms with E-state index in [1.165, 1.54) is 17.4 Å². The number of hydrogen-bond donors (Lipinski definition) is 2. The summed E-state index contributed by atoms with van der Waals surface area (Å²) in [4.78, 5) is 18.3. The average molecular weight is 559 g/mol. The quantitative estimate of drug-likeness (QED) is 0.134. The van der Waals surface area contributed by atoms with Crippen LogP contribution in [0.2, 0.25) is 0 Å². The molecule has 184 valence electrons. The lowest BCUT2D eigenvalue weighted by atomic mass is 10.1. The first-order chi connectivity index (χ1) is 17.3. The average Bonchev–Trinajstić information content (AvgIpc) is 3.32. The fourth-order valence-electron chi connectivity index (χ4n) is 3.36. The second-order valence-electron chi connectivity index (χ2n) is 7.66. The summed E-state index contributed by atoms with van der Waals surface area (Å²) in [7, 11) is 1.62. The van der Waals surface area contributed by atoms with Crippen molar-refractivity contribution < 1.29 is 9.53 Å². The summed E-state index contributed by atoms with van der Waals surface area (Å²) in [5.74, 6) is 0.328. The highest BCUT2D eigenvalue weighted by Gasteiger charge is 2.34. The molecule has 0 bridgehead atoms. The standard InChI is InChI=1S/C27H22Cl3N3O2S/c1-35-21-15-13-19(14-16-21)23-24(20-10-6-3-7-11-20)36-26(32-23)33-25(27(28,29)30)31-22(34)17-12-18-8-4-2-5-9-18/h2-17,25H,1H3,(H,31,34)(H,32,33)/b17-12+. The van der Waals surface area contributed by atoms with Crippen molar-refractivity contribution in [2.45, 2.75) is 9.96 Å². The molecule has 0 aliphatic heterocycles. The Bertz CT molecular complexity index is 1320. The van der Waals surface area contributed by atoms with Crippen molar-refractivity contribution in [1.82, 2.24) is 10.3 Å². The molecule has 1 aromatic heterocycles. The van der Waals surface area contributed by atoms with Gasteiger partial charge in [0, 0.05) is 11.6 Å². The van der Waals surface area contributed by atoms with Crippen LogP contribution in [-0.4, -0.2) is 28.0 Å². The molecule has 1 amide bonds. The van der Waals surface area contributed by atoms with Crippen LogP contribution in [0.25, 0.3) is 27.8 Å².